The van der Waals surface area contributed by atoms with Crippen LogP contribution in [0.4, 0.5) is 0 Å². The molecule has 0 amide bonds. The van der Waals surface area contributed by atoms with Crippen molar-refractivity contribution < 1.29 is 0 Å². The molecule has 0 bridgehead atoms. The van der Waals surface area contributed by atoms with E-state index in [1.165, 1.54) is 70.6 Å². The summed E-state index contributed by atoms with van der Waals surface area (Å²) in [6.45, 7) is 0.902. The molecule has 2 heteroatoms. The van der Waals surface area contributed by atoms with Crippen molar-refractivity contribution in [1.82, 2.24) is 0 Å². The summed E-state index contributed by atoms with van der Waals surface area (Å²) in [7, 11) is 0. The molecule has 1 aliphatic rings. The zero-order chi connectivity index (χ0) is 12.3. The van der Waals surface area contributed by atoms with Gasteiger partial charge in [-0.15, -0.1) is 0 Å². The second-order valence-electron chi connectivity index (χ2n) is 5.78. The zero-order valence-corrected chi connectivity index (χ0v) is 12.3. The van der Waals surface area contributed by atoms with Crippen LogP contribution in [0.25, 0.3) is 0 Å². The van der Waals surface area contributed by atoms with Crippen molar-refractivity contribution in [2.24, 2.45) is 17.6 Å². The van der Waals surface area contributed by atoms with Crippen LogP contribution in [-0.4, -0.2) is 12.3 Å². The highest BCUT2D eigenvalue weighted by atomic mass is 32.1. The van der Waals surface area contributed by atoms with E-state index in [-0.39, 0.29) is 0 Å². The first kappa shape index (κ1) is 15.4. The van der Waals surface area contributed by atoms with E-state index in [4.69, 9.17) is 5.73 Å². The molecule has 1 aliphatic carbocycles. The maximum absolute atomic E-state index is 5.85. The van der Waals surface area contributed by atoms with Crippen LogP contribution in [0.15, 0.2) is 0 Å². The Morgan fingerprint density at radius 1 is 0.706 bits per heavy atom. The van der Waals surface area contributed by atoms with E-state index in [2.05, 4.69) is 12.6 Å². The summed E-state index contributed by atoms with van der Waals surface area (Å²) in [5.74, 6) is 2.77. The molecule has 1 saturated carbocycles. The molecule has 0 aromatic rings. The third kappa shape index (κ3) is 7.35. The van der Waals surface area contributed by atoms with Gasteiger partial charge < -0.3 is 5.73 Å². The molecule has 2 unspecified atom stereocenters. The van der Waals surface area contributed by atoms with E-state index in [0.717, 1.165) is 24.1 Å². The summed E-state index contributed by atoms with van der Waals surface area (Å²) in [6, 6.07) is 0. The molecule has 0 radical (unpaired) electrons. The predicted octanol–water partition coefficient (Wildman–Crippen LogP) is 4.41. The van der Waals surface area contributed by atoms with E-state index >= 15 is 0 Å². The van der Waals surface area contributed by atoms with Gasteiger partial charge in [-0.2, -0.15) is 12.6 Å². The first-order chi connectivity index (χ1) is 8.36. The lowest BCUT2D eigenvalue weighted by Crippen LogP contribution is -2.14. The minimum absolute atomic E-state index is 0.802. The fourth-order valence-electron chi connectivity index (χ4n) is 2.97. The molecule has 0 heterocycles. The summed E-state index contributed by atoms with van der Waals surface area (Å²) in [5, 5.41) is 0. The topological polar surface area (TPSA) is 26.0 Å². The second kappa shape index (κ2) is 10.3. The van der Waals surface area contributed by atoms with Gasteiger partial charge in [-0.1, -0.05) is 44.9 Å². The minimum Gasteiger partial charge on any atom is -0.330 e. The Bertz CT molecular complexity index is 154. The van der Waals surface area contributed by atoms with Crippen LogP contribution < -0.4 is 5.73 Å². The Kier molecular flexibility index (Phi) is 9.27. The van der Waals surface area contributed by atoms with E-state index in [0.29, 0.717) is 0 Å². The lowest BCUT2D eigenvalue weighted by Gasteiger charge is -2.14. The first-order valence-corrected chi connectivity index (χ1v) is 8.31. The lowest BCUT2D eigenvalue weighted by atomic mass is 9.95. The van der Waals surface area contributed by atoms with Crippen molar-refractivity contribution >= 4 is 12.6 Å². The van der Waals surface area contributed by atoms with Crippen molar-refractivity contribution in [3.8, 4) is 0 Å². The van der Waals surface area contributed by atoms with Gasteiger partial charge in [0, 0.05) is 0 Å². The molecule has 1 fully saturated rings. The zero-order valence-electron chi connectivity index (χ0n) is 11.4. The van der Waals surface area contributed by atoms with Gasteiger partial charge in [-0.05, 0) is 49.8 Å². The van der Waals surface area contributed by atoms with Gasteiger partial charge in [0.25, 0.3) is 0 Å². The number of hydrogen-bond acceptors (Lipinski definition) is 2. The summed E-state index contributed by atoms with van der Waals surface area (Å²) < 4.78 is 0. The van der Waals surface area contributed by atoms with Crippen LogP contribution in [0, 0.1) is 11.8 Å². The van der Waals surface area contributed by atoms with Crippen LogP contribution in [0.5, 0.6) is 0 Å². The van der Waals surface area contributed by atoms with E-state index in [1.807, 2.05) is 0 Å². The molecule has 17 heavy (non-hydrogen) atoms. The normalized spacial score (nSPS) is 30.0. The van der Waals surface area contributed by atoms with Crippen LogP contribution >= 0.6 is 12.6 Å². The molecule has 102 valence electrons. The third-order valence-electron chi connectivity index (χ3n) is 4.29. The molecule has 0 aliphatic heterocycles. The van der Waals surface area contributed by atoms with E-state index < -0.39 is 0 Å². The molecule has 0 aromatic heterocycles. The van der Waals surface area contributed by atoms with Crippen LogP contribution in [-0.2, 0) is 0 Å². The van der Waals surface area contributed by atoms with Crippen molar-refractivity contribution in [1.29, 1.82) is 0 Å². The van der Waals surface area contributed by atoms with Gasteiger partial charge in [0.15, 0.2) is 0 Å². The Morgan fingerprint density at radius 3 is 1.53 bits per heavy atom. The maximum Gasteiger partial charge on any atom is -0.00489 e. The van der Waals surface area contributed by atoms with Gasteiger partial charge in [-0.3, -0.25) is 0 Å². The average molecular weight is 257 g/mol. The van der Waals surface area contributed by atoms with Crippen molar-refractivity contribution in [3.63, 3.8) is 0 Å². The summed E-state index contributed by atoms with van der Waals surface area (Å²) in [4.78, 5) is 0. The number of rotatable bonds is 2. The Morgan fingerprint density at radius 2 is 1.12 bits per heavy atom. The third-order valence-corrected chi connectivity index (χ3v) is 4.81. The van der Waals surface area contributed by atoms with Gasteiger partial charge in [0.2, 0.25) is 0 Å². The molecule has 0 aromatic carbocycles. The first-order valence-electron chi connectivity index (χ1n) is 7.67. The minimum atomic E-state index is 0.802. The molecule has 0 spiro atoms. The fraction of sp³-hybridized carbons (Fsp3) is 1.00. The van der Waals surface area contributed by atoms with Crippen molar-refractivity contribution in [2.45, 2.75) is 70.6 Å². The summed E-state index contributed by atoms with van der Waals surface area (Å²) in [5.41, 5.74) is 5.85. The maximum atomic E-state index is 5.85. The standard InChI is InChI=1S/C15H31NS/c16-12-14-8-4-1-2-5-10-15(13-17)11-7-3-6-9-14/h14-15,17H,1-13,16H2. The van der Waals surface area contributed by atoms with Gasteiger partial charge in [-0.25, -0.2) is 0 Å². The molecule has 0 saturated heterocycles. The van der Waals surface area contributed by atoms with E-state index in [1.54, 1.807) is 0 Å². The average Bonchev–Trinajstić information content (AvgIpc) is 2.38. The molecule has 2 N–H and O–H groups in total. The van der Waals surface area contributed by atoms with Gasteiger partial charge >= 0.3 is 0 Å². The predicted molar refractivity (Wildman–Crippen MR) is 80.7 cm³/mol. The van der Waals surface area contributed by atoms with E-state index in [9.17, 15) is 0 Å². The van der Waals surface area contributed by atoms with Crippen LogP contribution in [0.1, 0.15) is 70.6 Å². The molecule has 2 atom stereocenters. The Hall–Kier alpha value is 0.310. The molecule has 1 rings (SSSR count). The van der Waals surface area contributed by atoms with Crippen LogP contribution in [0.2, 0.25) is 0 Å². The molecule has 1 nitrogen and oxygen atoms in total. The van der Waals surface area contributed by atoms with Gasteiger partial charge in [0.1, 0.15) is 0 Å². The largest absolute Gasteiger partial charge is 0.330 e. The van der Waals surface area contributed by atoms with Crippen LogP contribution in [0.3, 0.4) is 0 Å². The van der Waals surface area contributed by atoms with Crippen molar-refractivity contribution in [3.05, 3.63) is 0 Å². The number of hydrogen-bond donors (Lipinski definition) is 2. The summed E-state index contributed by atoms with van der Waals surface area (Å²) >= 11 is 4.49. The number of nitrogens with two attached hydrogens (primary N) is 1. The highest BCUT2D eigenvalue weighted by Gasteiger charge is 2.10. The van der Waals surface area contributed by atoms with Crippen molar-refractivity contribution in [2.75, 3.05) is 12.3 Å². The molecular weight excluding hydrogens is 226 g/mol. The number of thiol groups is 1. The fourth-order valence-corrected chi connectivity index (χ4v) is 3.33. The Balaban J connectivity index is 2.28. The highest BCUT2D eigenvalue weighted by Crippen LogP contribution is 2.23. The monoisotopic (exact) mass is 257 g/mol. The Labute approximate surface area is 113 Å². The highest BCUT2D eigenvalue weighted by molar-refractivity contribution is 7.80. The summed E-state index contributed by atoms with van der Waals surface area (Å²) in [6.07, 6.45) is 15.4. The quantitative estimate of drug-likeness (QED) is 0.704. The lowest BCUT2D eigenvalue weighted by molar-refractivity contribution is 0.414. The smallest absolute Gasteiger partial charge is 0.00489 e. The second-order valence-corrected chi connectivity index (χ2v) is 6.15. The van der Waals surface area contributed by atoms with Gasteiger partial charge in [0.05, 0.1) is 0 Å². The SMILES string of the molecule is NCC1CCCCCCC(CS)CCCCC1. The molecular formula is C15H31NS.